The number of nitrogens with one attached hydrogen (secondary N) is 2. The van der Waals surface area contributed by atoms with Crippen molar-refractivity contribution in [2.45, 2.75) is 24.8 Å². The monoisotopic (exact) mass is 534 g/mol. The molecule has 3 aromatic carbocycles. The van der Waals surface area contributed by atoms with Crippen LogP contribution in [0.2, 0.25) is 0 Å². The van der Waals surface area contributed by atoms with Crippen LogP contribution in [-0.4, -0.2) is 35.1 Å². The van der Waals surface area contributed by atoms with Gasteiger partial charge in [-0.15, -0.1) is 0 Å². The Balaban J connectivity index is 1.70. The summed E-state index contributed by atoms with van der Waals surface area (Å²) in [7, 11) is -4.05. The minimum atomic E-state index is -4.05. The Morgan fingerprint density at radius 1 is 1.08 bits per heavy atom. The fourth-order valence-electron chi connectivity index (χ4n) is 3.61. The van der Waals surface area contributed by atoms with Crippen molar-refractivity contribution >= 4 is 44.4 Å². The van der Waals surface area contributed by atoms with Gasteiger partial charge in [0.05, 0.1) is 33.0 Å². The molecule has 0 bridgehead atoms. The quantitative estimate of drug-likeness (QED) is 0.199. The summed E-state index contributed by atoms with van der Waals surface area (Å²) < 4.78 is 29.6. The molecule has 1 amide bonds. The second-order valence-corrected chi connectivity index (χ2v) is 9.96. The van der Waals surface area contributed by atoms with E-state index in [4.69, 9.17) is 0 Å². The Labute approximate surface area is 216 Å². The summed E-state index contributed by atoms with van der Waals surface area (Å²) in [6, 6.07) is 16.7. The lowest BCUT2D eigenvalue weighted by molar-refractivity contribution is -0.384. The van der Waals surface area contributed by atoms with Crippen LogP contribution in [0.25, 0.3) is 10.9 Å². The highest BCUT2D eigenvalue weighted by Gasteiger charge is 2.23. The Hall–Kier alpha value is -4.75. The maximum absolute atomic E-state index is 13.3. The first-order valence-electron chi connectivity index (χ1n) is 11.3. The van der Waals surface area contributed by atoms with Gasteiger partial charge in [-0.2, -0.15) is 9.78 Å². The van der Waals surface area contributed by atoms with Crippen molar-refractivity contribution in [3.05, 3.63) is 105 Å². The molecule has 0 aliphatic carbocycles. The van der Waals surface area contributed by atoms with Crippen LogP contribution in [0, 0.1) is 10.1 Å². The normalized spacial score (nSPS) is 12.5. The fourth-order valence-corrected chi connectivity index (χ4v) is 4.81. The van der Waals surface area contributed by atoms with E-state index in [2.05, 4.69) is 20.1 Å². The second kappa shape index (κ2) is 10.7. The van der Waals surface area contributed by atoms with Crippen LogP contribution in [0.3, 0.4) is 0 Å². The molecule has 4 aromatic rings. The number of nitro benzene ring substituents is 1. The molecule has 1 aromatic heterocycles. The van der Waals surface area contributed by atoms with Gasteiger partial charge in [-0.25, -0.2) is 18.1 Å². The third kappa shape index (κ3) is 5.79. The highest BCUT2D eigenvalue weighted by Crippen LogP contribution is 2.19. The summed E-state index contributed by atoms with van der Waals surface area (Å²) in [5, 5.41) is 18.0. The van der Waals surface area contributed by atoms with Crippen LogP contribution in [0.1, 0.15) is 31.3 Å². The maximum Gasteiger partial charge on any atom is 0.282 e. The average molecular weight is 535 g/mol. The second-order valence-electron chi connectivity index (χ2n) is 8.25. The topological polar surface area (TPSA) is 166 Å². The van der Waals surface area contributed by atoms with Crippen LogP contribution < -0.4 is 15.6 Å². The minimum Gasteiger partial charge on any atom is -0.326 e. The molecule has 38 heavy (non-hydrogen) atoms. The smallest absolute Gasteiger partial charge is 0.282 e. The van der Waals surface area contributed by atoms with Gasteiger partial charge < -0.3 is 5.32 Å². The zero-order valence-electron chi connectivity index (χ0n) is 20.2. The maximum atomic E-state index is 13.3. The molecule has 13 heteroatoms. The SMILES string of the molecule is CC(=O)Nc1ccc(S(=O)(=O)NC(C)c2nc3ccccc3c(=O)n2/N=C/c2ccc([N+](=O)[O-])cc2)cc1. The number of rotatable bonds is 8. The Morgan fingerprint density at radius 3 is 2.37 bits per heavy atom. The van der Waals surface area contributed by atoms with Crippen LogP contribution in [0.15, 0.2) is 87.6 Å². The number of sulfonamides is 1. The third-order valence-electron chi connectivity index (χ3n) is 5.41. The summed E-state index contributed by atoms with van der Waals surface area (Å²) >= 11 is 0. The number of hydrogen-bond donors (Lipinski definition) is 2. The standard InChI is InChI=1S/C25H22N6O6S/c1-16(29-38(36,37)21-13-9-19(10-14-21)27-17(2)32)24-28-23-6-4-3-5-22(23)25(33)30(24)26-15-18-7-11-20(12-8-18)31(34)35/h3-16,29H,1-2H3,(H,27,32)/b26-15+. The molecule has 4 rings (SSSR count). The number of amides is 1. The van der Waals surface area contributed by atoms with Crippen LogP contribution >= 0.6 is 0 Å². The van der Waals surface area contributed by atoms with Gasteiger partial charge in [0.15, 0.2) is 5.82 Å². The van der Waals surface area contributed by atoms with Crippen molar-refractivity contribution < 1.29 is 18.1 Å². The van der Waals surface area contributed by atoms with Gasteiger partial charge in [0.25, 0.3) is 11.2 Å². The van der Waals surface area contributed by atoms with Crippen molar-refractivity contribution in [2.75, 3.05) is 5.32 Å². The highest BCUT2D eigenvalue weighted by molar-refractivity contribution is 7.89. The lowest BCUT2D eigenvalue weighted by atomic mass is 10.2. The van der Waals surface area contributed by atoms with E-state index in [1.165, 1.54) is 68.6 Å². The van der Waals surface area contributed by atoms with Crippen molar-refractivity contribution in [1.82, 2.24) is 14.4 Å². The summed E-state index contributed by atoms with van der Waals surface area (Å²) in [6.07, 6.45) is 1.33. The zero-order valence-corrected chi connectivity index (χ0v) is 21.0. The van der Waals surface area contributed by atoms with E-state index in [0.29, 0.717) is 16.8 Å². The summed E-state index contributed by atoms with van der Waals surface area (Å²) in [5.74, 6) is -0.257. The number of benzene rings is 3. The summed E-state index contributed by atoms with van der Waals surface area (Å²) in [5.41, 5.74) is 0.666. The van der Waals surface area contributed by atoms with Gasteiger partial charge in [-0.3, -0.25) is 19.7 Å². The van der Waals surface area contributed by atoms with Gasteiger partial charge in [-0.05, 0) is 61.0 Å². The molecule has 1 heterocycles. The van der Waals surface area contributed by atoms with Crippen molar-refractivity contribution in [3.8, 4) is 0 Å². The number of hydrogen-bond acceptors (Lipinski definition) is 8. The van der Waals surface area contributed by atoms with Crippen molar-refractivity contribution in [3.63, 3.8) is 0 Å². The van der Waals surface area contributed by atoms with Crippen LogP contribution in [0.4, 0.5) is 11.4 Å². The lowest BCUT2D eigenvalue weighted by Crippen LogP contribution is -2.32. The number of carbonyl (C=O) groups excluding carboxylic acids is 1. The number of nitro groups is 1. The molecular formula is C25H22N6O6S. The van der Waals surface area contributed by atoms with E-state index in [9.17, 15) is 28.1 Å². The van der Waals surface area contributed by atoms with Gasteiger partial charge in [0.1, 0.15) is 0 Å². The van der Waals surface area contributed by atoms with Crippen LogP contribution in [-0.2, 0) is 14.8 Å². The Bertz CT molecular complexity index is 1710. The lowest BCUT2D eigenvalue weighted by Gasteiger charge is -2.17. The molecule has 1 atom stereocenters. The summed E-state index contributed by atoms with van der Waals surface area (Å²) in [4.78, 5) is 39.3. The van der Waals surface area contributed by atoms with E-state index in [-0.39, 0.29) is 27.7 Å². The third-order valence-corrected chi connectivity index (χ3v) is 6.97. The zero-order chi connectivity index (χ0) is 27.4. The fraction of sp³-hybridized carbons (Fsp3) is 0.120. The first kappa shape index (κ1) is 26.3. The molecule has 0 radical (unpaired) electrons. The van der Waals surface area contributed by atoms with Gasteiger partial charge >= 0.3 is 0 Å². The summed E-state index contributed by atoms with van der Waals surface area (Å²) in [6.45, 7) is 2.87. The van der Waals surface area contributed by atoms with Crippen LogP contribution in [0.5, 0.6) is 0 Å². The molecule has 0 spiro atoms. The largest absolute Gasteiger partial charge is 0.326 e. The van der Waals surface area contributed by atoms with E-state index >= 15 is 0 Å². The Kier molecular flexibility index (Phi) is 7.41. The number of nitrogens with zero attached hydrogens (tertiary/aromatic N) is 4. The van der Waals surface area contributed by atoms with Gasteiger partial charge in [0, 0.05) is 24.7 Å². The van der Waals surface area contributed by atoms with Gasteiger partial charge in [-0.1, -0.05) is 12.1 Å². The molecule has 1 unspecified atom stereocenters. The first-order chi connectivity index (χ1) is 18.0. The van der Waals surface area contributed by atoms with E-state index in [0.717, 1.165) is 4.68 Å². The first-order valence-corrected chi connectivity index (χ1v) is 12.7. The van der Waals surface area contributed by atoms with Crippen molar-refractivity contribution in [1.29, 1.82) is 0 Å². The Morgan fingerprint density at radius 2 is 1.74 bits per heavy atom. The van der Waals surface area contributed by atoms with E-state index < -0.39 is 26.5 Å². The molecule has 0 aliphatic heterocycles. The average Bonchev–Trinajstić information content (AvgIpc) is 2.88. The molecular weight excluding hydrogens is 512 g/mol. The predicted octanol–water partition coefficient (Wildman–Crippen LogP) is 3.18. The van der Waals surface area contributed by atoms with E-state index in [1.54, 1.807) is 24.3 Å². The molecule has 194 valence electrons. The number of carbonyl (C=O) groups is 1. The predicted molar refractivity (Wildman–Crippen MR) is 142 cm³/mol. The number of anilines is 1. The number of fused-ring (bicyclic) bond motifs is 1. The molecule has 0 fully saturated rings. The van der Waals surface area contributed by atoms with E-state index in [1.807, 2.05) is 0 Å². The molecule has 12 nitrogen and oxygen atoms in total. The van der Waals surface area contributed by atoms with Gasteiger partial charge in [0.2, 0.25) is 15.9 Å². The molecule has 0 saturated heterocycles. The number of para-hydroxylation sites is 1. The molecule has 0 saturated carbocycles. The molecule has 2 N–H and O–H groups in total. The minimum absolute atomic E-state index is 0.0327. The highest BCUT2D eigenvalue weighted by atomic mass is 32.2. The number of non-ortho nitro benzene ring substituents is 1. The number of aromatic nitrogens is 2. The van der Waals surface area contributed by atoms with Crippen molar-refractivity contribution in [2.24, 2.45) is 5.10 Å². The molecule has 0 aliphatic rings.